The van der Waals surface area contributed by atoms with Gasteiger partial charge in [0.15, 0.2) is 22.8 Å². The fourth-order valence-corrected chi connectivity index (χ4v) is 3.68. The molecule has 0 saturated heterocycles. The number of amides is 2. The van der Waals surface area contributed by atoms with E-state index in [-0.39, 0.29) is 17.6 Å². The van der Waals surface area contributed by atoms with Gasteiger partial charge in [0, 0.05) is 12.2 Å². The lowest BCUT2D eigenvalue weighted by Crippen LogP contribution is -2.34. The molecule has 1 aromatic carbocycles. The van der Waals surface area contributed by atoms with E-state index in [1.807, 2.05) is 17.6 Å². The van der Waals surface area contributed by atoms with Crippen LogP contribution < -0.4 is 15.4 Å². The van der Waals surface area contributed by atoms with Crippen molar-refractivity contribution in [3.63, 3.8) is 0 Å². The van der Waals surface area contributed by atoms with Gasteiger partial charge in [-0.15, -0.1) is 10.2 Å². The van der Waals surface area contributed by atoms with Gasteiger partial charge in [-0.2, -0.15) is 0 Å². The summed E-state index contributed by atoms with van der Waals surface area (Å²) in [6, 6.07) is 8.73. The maximum absolute atomic E-state index is 12.4. The first-order chi connectivity index (χ1) is 14.0. The summed E-state index contributed by atoms with van der Waals surface area (Å²) in [5.74, 6) is 1.57. The molecule has 0 radical (unpaired) electrons. The van der Waals surface area contributed by atoms with E-state index >= 15 is 0 Å². The van der Waals surface area contributed by atoms with Gasteiger partial charge in [0.25, 0.3) is 5.91 Å². The highest BCUT2D eigenvalue weighted by atomic mass is 32.2. The quantitative estimate of drug-likeness (QED) is 0.598. The van der Waals surface area contributed by atoms with Crippen LogP contribution in [0.3, 0.4) is 0 Å². The molecule has 1 atom stereocenters. The molecule has 0 aliphatic carbocycles. The molecule has 29 heavy (non-hydrogen) atoms. The standard InChI is InChI=1S/C19H19N5O4S/c1-3-24-17(15-5-4-8-27-15)22-23-19(24)29-10-16(25)20-12-6-7-14-13(9-12)21-18(26)11(2)28-14/h4-9,11H,3,10H2,1-2H3,(H,20,25)(H,21,26)/t11-/m0/s1. The van der Waals surface area contributed by atoms with Gasteiger partial charge in [-0.05, 0) is 44.2 Å². The van der Waals surface area contributed by atoms with E-state index < -0.39 is 6.10 Å². The van der Waals surface area contributed by atoms with Gasteiger partial charge in [-0.25, -0.2) is 0 Å². The normalized spacial score (nSPS) is 15.4. The fourth-order valence-electron chi connectivity index (χ4n) is 2.88. The predicted octanol–water partition coefficient (Wildman–Crippen LogP) is 3.01. The van der Waals surface area contributed by atoms with Crippen LogP contribution in [0, 0.1) is 0 Å². The molecule has 150 valence electrons. The molecule has 10 heteroatoms. The molecule has 3 heterocycles. The van der Waals surface area contributed by atoms with Crippen LogP contribution in [0.4, 0.5) is 11.4 Å². The van der Waals surface area contributed by atoms with Gasteiger partial charge >= 0.3 is 0 Å². The fraction of sp³-hybridized carbons (Fsp3) is 0.263. The number of carbonyl (C=O) groups excluding carboxylic acids is 2. The lowest BCUT2D eigenvalue weighted by molar-refractivity contribution is -0.122. The summed E-state index contributed by atoms with van der Waals surface area (Å²) in [4.78, 5) is 24.1. The average Bonchev–Trinajstić information content (AvgIpc) is 3.36. The number of rotatable bonds is 6. The van der Waals surface area contributed by atoms with Crippen molar-refractivity contribution in [3.05, 3.63) is 36.6 Å². The molecule has 1 aliphatic rings. The van der Waals surface area contributed by atoms with Crippen LogP contribution in [0.5, 0.6) is 5.75 Å². The zero-order valence-corrected chi connectivity index (χ0v) is 16.7. The molecular weight excluding hydrogens is 394 g/mol. The molecular formula is C19H19N5O4S. The van der Waals surface area contributed by atoms with Crippen LogP contribution in [0.15, 0.2) is 46.2 Å². The maximum atomic E-state index is 12.4. The van der Waals surface area contributed by atoms with Crippen LogP contribution in [0.1, 0.15) is 13.8 Å². The van der Waals surface area contributed by atoms with Crippen molar-refractivity contribution in [2.75, 3.05) is 16.4 Å². The Bertz CT molecular complexity index is 1050. The number of nitrogens with zero attached hydrogens (tertiary/aromatic N) is 3. The smallest absolute Gasteiger partial charge is 0.265 e. The molecule has 0 saturated carbocycles. The van der Waals surface area contributed by atoms with E-state index in [1.165, 1.54) is 11.8 Å². The summed E-state index contributed by atoms with van der Waals surface area (Å²) < 4.78 is 12.8. The van der Waals surface area contributed by atoms with Crippen molar-refractivity contribution in [2.45, 2.75) is 31.7 Å². The lowest BCUT2D eigenvalue weighted by Gasteiger charge is -2.23. The van der Waals surface area contributed by atoms with Gasteiger partial charge < -0.3 is 19.8 Å². The van der Waals surface area contributed by atoms with Crippen molar-refractivity contribution in [1.29, 1.82) is 0 Å². The number of fused-ring (bicyclic) bond motifs is 1. The Hall–Kier alpha value is -3.27. The number of hydrogen-bond acceptors (Lipinski definition) is 7. The molecule has 2 amide bonds. The molecule has 0 unspecified atom stereocenters. The first kappa shape index (κ1) is 19.1. The van der Waals surface area contributed by atoms with E-state index in [0.717, 1.165) is 0 Å². The summed E-state index contributed by atoms with van der Waals surface area (Å²) in [5, 5.41) is 14.5. The number of furan rings is 1. The van der Waals surface area contributed by atoms with Crippen molar-refractivity contribution >= 4 is 35.0 Å². The minimum absolute atomic E-state index is 0.160. The maximum Gasteiger partial charge on any atom is 0.265 e. The highest BCUT2D eigenvalue weighted by molar-refractivity contribution is 7.99. The van der Waals surface area contributed by atoms with Gasteiger partial charge in [-0.3, -0.25) is 14.2 Å². The lowest BCUT2D eigenvalue weighted by atomic mass is 10.2. The Balaban J connectivity index is 1.40. The van der Waals surface area contributed by atoms with Crippen molar-refractivity contribution in [2.24, 2.45) is 0 Å². The Kier molecular flexibility index (Phi) is 5.26. The van der Waals surface area contributed by atoms with E-state index in [2.05, 4.69) is 20.8 Å². The predicted molar refractivity (Wildman–Crippen MR) is 108 cm³/mol. The Morgan fingerprint density at radius 1 is 1.34 bits per heavy atom. The van der Waals surface area contributed by atoms with E-state index in [4.69, 9.17) is 9.15 Å². The van der Waals surface area contributed by atoms with E-state index in [9.17, 15) is 9.59 Å². The molecule has 2 aromatic heterocycles. The topological polar surface area (TPSA) is 111 Å². The highest BCUT2D eigenvalue weighted by Gasteiger charge is 2.23. The minimum Gasteiger partial charge on any atom is -0.479 e. The third-order valence-corrected chi connectivity index (χ3v) is 5.27. The van der Waals surface area contributed by atoms with Crippen molar-refractivity contribution in [3.8, 4) is 17.3 Å². The number of thioether (sulfide) groups is 1. The number of nitrogens with one attached hydrogen (secondary N) is 2. The first-order valence-electron chi connectivity index (χ1n) is 9.06. The second-order valence-corrected chi connectivity index (χ2v) is 7.27. The molecule has 1 aliphatic heterocycles. The van der Waals surface area contributed by atoms with E-state index in [1.54, 1.807) is 37.5 Å². The van der Waals surface area contributed by atoms with Crippen LogP contribution in [0.25, 0.3) is 11.6 Å². The Labute approximate surface area is 170 Å². The first-order valence-corrected chi connectivity index (χ1v) is 10.0. The van der Waals surface area contributed by atoms with Gasteiger partial charge in [0.1, 0.15) is 5.75 Å². The number of ether oxygens (including phenoxy) is 1. The molecule has 9 nitrogen and oxygen atoms in total. The highest BCUT2D eigenvalue weighted by Crippen LogP contribution is 2.32. The van der Waals surface area contributed by atoms with Crippen LogP contribution in [-0.2, 0) is 16.1 Å². The summed E-state index contributed by atoms with van der Waals surface area (Å²) in [6.45, 7) is 4.30. The van der Waals surface area contributed by atoms with Crippen LogP contribution in [-0.4, -0.2) is 38.4 Å². The van der Waals surface area contributed by atoms with Gasteiger partial charge in [0.2, 0.25) is 5.91 Å². The zero-order chi connectivity index (χ0) is 20.4. The minimum atomic E-state index is -0.540. The number of benzene rings is 1. The third kappa shape index (κ3) is 3.97. The second kappa shape index (κ2) is 8.00. The molecule has 0 spiro atoms. The molecule has 0 fully saturated rings. The van der Waals surface area contributed by atoms with Crippen molar-refractivity contribution in [1.82, 2.24) is 14.8 Å². The summed E-state index contributed by atoms with van der Waals surface area (Å²) in [6.07, 6.45) is 1.04. The van der Waals surface area contributed by atoms with Crippen LogP contribution in [0.2, 0.25) is 0 Å². The molecule has 2 N–H and O–H groups in total. The largest absolute Gasteiger partial charge is 0.479 e. The third-order valence-electron chi connectivity index (χ3n) is 4.30. The SMILES string of the molecule is CCn1c(SCC(=O)Nc2ccc3c(c2)NC(=O)[C@H](C)O3)nnc1-c1ccco1. The monoisotopic (exact) mass is 413 g/mol. The second-order valence-electron chi connectivity index (χ2n) is 6.32. The number of anilines is 2. The number of carbonyl (C=O) groups is 2. The Morgan fingerprint density at radius 3 is 2.97 bits per heavy atom. The number of hydrogen-bond donors (Lipinski definition) is 2. The van der Waals surface area contributed by atoms with Gasteiger partial charge in [-0.1, -0.05) is 11.8 Å². The molecule has 3 aromatic rings. The van der Waals surface area contributed by atoms with Crippen molar-refractivity contribution < 1.29 is 18.7 Å². The summed E-state index contributed by atoms with van der Waals surface area (Å²) in [7, 11) is 0. The zero-order valence-electron chi connectivity index (χ0n) is 15.8. The summed E-state index contributed by atoms with van der Waals surface area (Å²) >= 11 is 1.29. The van der Waals surface area contributed by atoms with Crippen LogP contribution >= 0.6 is 11.8 Å². The Morgan fingerprint density at radius 2 is 2.21 bits per heavy atom. The van der Waals surface area contributed by atoms with E-state index in [0.29, 0.717) is 40.4 Å². The average molecular weight is 413 g/mol. The molecule has 0 bridgehead atoms. The van der Waals surface area contributed by atoms with Gasteiger partial charge in [0.05, 0.1) is 17.7 Å². The number of aromatic nitrogens is 3. The summed E-state index contributed by atoms with van der Waals surface area (Å²) in [5.41, 5.74) is 1.11. The molecule has 4 rings (SSSR count).